The first kappa shape index (κ1) is 17.5. The zero-order valence-electron chi connectivity index (χ0n) is 14.4. The summed E-state index contributed by atoms with van der Waals surface area (Å²) in [5, 5.41) is 4.75. The summed E-state index contributed by atoms with van der Waals surface area (Å²) in [6, 6.07) is 3.82. The summed E-state index contributed by atoms with van der Waals surface area (Å²) in [4.78, 5) is 33.3. The molecule has 8 heteroatoms. The van der Waals surface area contributed by atoms with E-state index in [2.05, 4.69) is 10.3 Å². The lowest BCUT2D eigenvalue weighted by atomic mass is 10.2. The molecule has 0 bridgehead atoms. The van der Waals surface area contributed by atoms with Gasteiger partial charge in [0.15, 0.2) is 0 Å². The van der Waals surface area contributed by atoms with Crippen molar-refractivity contribution in [2.45, 2.75) is 20.3 Å². The van der Waals surface area contributed by atoms with Crippen molar-refractivity contribution in [1.29, 1.82) is 0 Å². The van der Waals surface area contributed by atoms with Gasteiger partial charge in [0.05, 0.1) is 17.0 Å². The minimum Gasteiger partial charge on any atom is -0.440 e. The van der Waals surface area contributed by atoms with Crippen LogP contribution in [0.25, 0.3) is 10.8 Å². The predicted molar refractivity (Wildman–Crippen MR) is 95.5 cm³/mol. The van der Waals surface area contributed by atoms with Crippen LogP contribution < -0.4 is 5.32 Å². The van der Waals surface area contributed by atoms with Gasteiger partial charge in [0.1, 0.15) is 5.76 Å². The van der Waals surface area contributed by atoms with Crippen molar-refractivity contribution in [3.8, 4) is 10.8 Å². The monoisotopic (exact) mass is 362 g/mol. The highest BCUT2D eigenvalue weighted by atomic mass is 32.1. The molecule has 7 nitrogen and oxygen atoms in total. The van der Waals surface area contributed by atoms with Gasteiger partial charge < -0.3 is 19.5 Å². The number of aryl methyl sites for hydroxylation is 1. The SMILES string of the molecule is CCNC(=O)N1CCN(C(=O)Cc2nc(-c3cccs3)oc2C)CC1. The number of rotatable bonds is 4. The van der Waals surface area contributed by atoms with Crippen LogP contribution in [-0.4, -0.2) is 59.4 Å². The third-order valence-corrected chi connectivity index (χ3v) is 5.05. The van der Waals surface area contributed by atoms with Gasteiger partial charge in [0, 0.05) is 32.7 Å². The Morgan fingerprint density at radius 1 is 1.28 bits per heavy atom. The number of urea groups is 1. The summed E-state index contributed by atoms with van der Waals surface area (Å²) in [5.74, 6) is 1.26. The first-order valence-electron chi connectivity index (χ1n) is 8.39. The molecule has 1 N–H and O–H groups in total. The number of hydrogen-bond donors (Lipinski definition) is 1. The van der Waals surface area contributed by atoms with Crippen LogP contribution in [-0.2, 0) is 11.2 Å². The summed E-state index contributed by atoms with van der Waals surface area (Å²) in [5.41, 5.74) is 0.680. The van der Waals surface area contributed by atoms with Crippen LogP contribution in [0, 0.1) is 6.92 Å². The van der Waals surface area contributed by atoms with E-state index in [0.29, 0.717) is 50.1 Å². The largest absolute Gasteiger partial charge is 0.440 e. The molecule has 25 heavy (non-hydrogen) atoms. The highest BCUT2D eigenvalue weighted by Crippen LogP contribution is 2.26. The van der Waals surface area contributed by atoms with Crippen molar-refractivity contribution in [1.82, 2.24) is 20.1 Å². The Labute approximate surface area is 150 Å². The van der Waals surface area contributed by atoms with Crippen LogP contribution in [0.2, 0.25) is 0 Å². The number of oxazole rings is 1. The molecule has 134 valence electrons. The van der Waals surface area contributed by atoms with E-state index < -0.39 is 0 Å². The van der Waals surface area contributed by atoms with E-state index in [0.717, 1.165) is 4.88 Å². The van der Waals surface area contributed by atoms with E-state index in [4.69, 9.17) is 4.42 Å². The fourth-order valence-corrected chi connectivity index (χ4v) is 3.42. The first-order chi connectivity index (χ1) is 12.1. The second-order valence-electron chi connectivity index (χ2n) is 5.88. The van der Waals surface area contributed by atoms with Gasteiger partial charge in [-0.15, -0.1) is 11.3 Å². The quantitative estimate of drug-likeness (QED) is 0.904. The van der Waals surface area contributed by atoms with Gasteiger partial charge in [0.2, 0.25) is 11.8 Å². The average Bonchev–Trinajstić information content (AvgIpc) is 3.25. The summed E-state index contributed by atoms with van der Waals surface area (Å²) < 4.78 is 5.69. The normalized spacial score (nSPS) is 14.6. The lowest BCUT2D eigenvalue weighted by molar-refractivity contribution is -0.131. The highest BCUT2D eigenvalue weighted by molar-refractivity contribution is 7.13. The molecule has 2 aromatic heterocycles. The molecular formula is C17H22N4O3S. The number of nitrogens with zero attached hydrogens (tertiary/aromatic N) is 3. The number of thiophene rings is 1. The summed E-state index contributed by atoms with van der Waals surface area (Å²) in [6.07, 6.45) is 0.224. The third kappa shape index (κ3) is 4.01. The Balaban J connectivity index is 1.58. The Bertz CT molecular complexity index is 733. The standard InChI is InChI=1S/C17H22N4O3S/c1-3-18-17(23)21-8-6-20(7-9-21)15(22)11-13-12(2)24-16(19-13)14-5-4-10-25-14/h4-5,10H,3,6-9,11H2,1-2H3,(H,18,23). The molecule has 0 radical (unpaired) electrons. The predicted octanol–water partition coefficient (Wildman–Crippen LogP) is 2.13. The molecule has 1 saturated heterocycles. The Morgan fingerprint density at radius 3 is 2.64 bits per heavy atom. The summed E-state index contributed by atoms with van der Waals surface area (Å²) in [6.45, 7) is 6.53. The first-order valence-corrected chi connectivity index (χ1v) is 9.27. The maximum atomic E-state index is 12.5. The second kappa shape index (κ2) is 7.69. The van der Waals surface area contributed by atoms with Crippen LogP contribution in [0.5, 0.6) is 0 Å². The molecule has 3 heterocycles. The minimum atomic E-state index is -0.0671. The van der Waals surface area contributed by atoms with E-state index in [9.17, 15) is 9.59 Å². The van der Waals surface area contributed by atoms with Gasteiger partial charge in [0.25, 0.3) is 0 Å². The van der Waals surface area contributed by atoms with Crippen molar-refractivity contribution in [3.05, 3.63) is 29.0 Å². The molecule has 0 unspecified atom stereocenters. The van der Waals surface area contributed by atoms with Gasteiger partial charge in [-0.05, 0) is 25.3 Å². The molecule has 1 aliphatic heterocycles. The lowest BCUT2D eigenvalue weighted by Gasteiger charge is -2.34. The Hall–Kier alpha value is -2.35. The summed E-state index contributed by atoms with van der Waals surface area (Å²) in [7, 11) is 0. The van der Waals surface area contributed by atoms with Gasteiger partial charge >= 0.3 is 6.03 Å². The maximum Gasteiger partial charge on any atom is 0.317 e. The molecule has 2 aromatic rings. The van der Waals surface area contributed by atoms with Crippen LogP contribution >= 0.6 is 11.3 Å². The number of aromatic nitrogens is 1. The zero-order valence-corrected chi connectivity index (χ0v) is 15.3. The fraction of sp³-hybridized carbons (Fsp3) is 0.471. The second-order valence-corrected chi connectivity index (χ2v) is 6.83. The lowest BCUT2D eigenvalue weighted by Crippen LogP contribution is -2.53. The smallest absolute Gasteiger partial charge is 0.317 e. The van der Waals surface area contributed by atoms with Crippen LogP contribution in [0.4, 0.5) is 4.79 Å². The van der Waals surface area contributed by atoms with Gasteiger partial charge in [-0.25, -0.2) is 9.78 Å². The van der Waals surface area contributed by atoms with Gasteiger partial charge in [-0.1, -0.05) is 6.07 Å². The number of amides is 3. The number of nitrogens with one attached hydrogen (secondary N) is 1. The van der Waals surface area contributed by atoms with Crippen LogP contribution in [0.1, 0.15) is 18.4 Å². The molecule has 1 aliphatic rings. The van der Waals surface area contributed by atoms with Crippen molar-refractivity contribution in [3.63, 3.8) is 0 Å². The number of piperazine rings is 1. The Kier molecular flexibility index (Phi) is 5.37. The van der Waals surface area contributed by atoms with Crippen LogP contribution in [0.3, 0.4) is 0 Å². The molecule has 0 aromatic carbocycles. The van der Waals surface area contributed by atoms with Crippen molar-refractivity contribution in [2.75, 3.05) is 32.7 Å². The molecule has 3 rings (SSSR count). The number of hydrogen-bond acceptors (Lipinski definition) is 5. The molecule has 0 saturated carbocycles. The van der Waals surface area contributed by atoms with Gasteiger partial charge in [-0.3, -0.25) is 4.79 Å². The van der Waals surface area contributed by atoms with E-state index in [1.54, 1.807) is 21.1 Å². The topological polar surface area (TPSA) is 78.7 Å². The van der Waals surface area contributed by atoms with E-state index in [-0.39, 0.29) is 18.4 Å². The molecule has 3 amide bonds. The molecule has 0 aliphatic carbocycles. The summed E-state index contributed by atoms with van der Waals surface area (Å²) >= 11 is 1.56. The number of carbonyl (C=O) groups is 2. The van der Waals surface area contributed by atoms with Crippen molar-refractivity contribution < 1.29 is 14.0 Å². The Morgan fingerprint density at radius 2 is 2.00 bits per heavy atom. The average molecular weight is 362 g/mol. The van der Waals surface area contributed by atoms with Crippen molar-refractivity contribution in [2.24, 2.45) is 0 Å². The highest BCUT2D eigenvalue weighted by Gasteiger charge is 2.25. The van der Waals surface area contributed by atoms with E-state index in [1.807, 2.05) is 31.4 Å². The maximum absolute atomic E-state index is 12.5. The van der Waals surface area contributed by atoms with Crippen molar-refractivity contribution >= 4 is 23.3 Å². The minimum absolute atomic E-state index is 0.0182. The number of carbonyl (C=O) groups excluding carboxylic acids is 2. The fourth-order valence-electron chi connectivity index (χ4n) is 2.77. The van der Waals surface area contributed by atoms with Crippen LogP contribution in [0.15, 0.2) is 21.9 Å². The van der Waals surface area contributed by atoms with Gasteiger partial charge in [-0.2, -0.15) is 0 Å². The van der Waals surface area contributed by atoms with E-state index in [1.165, 1.54) is 0 Å². The third-order valence-electron chi connectivity index (χ3n) is 4.19. The molecular weight excluding hydrogens is 340 g/mol. The molecule has 0 atom stereocenters. The molecule has 1 fully saturated rings. The molecule has 0 spiro atoms. The van der Waals surface area contributed by atoms with E-state index >= 15 is 0 Å². The zero-order chi connectivity index (χ0) is 17.8.